The van der Waals surface area contributed by atoms with Crippen LogP contribution in [0.3, 0.4) is 0 Å². The molecule has 3 rings (SSSR count). The van der Waals surface area contributed by atoms with E-state index >= 15 is 0 Å². The fraction of sp³-hybridized carbons (Fsp3) is 0.296. The summed E-state index contributed by atoms with van der Waals surface area (Å²) in [6.45, 7) is 7.00. The number of thioether (sulfide) groups is 1. The monoisotopic (exact) mass is 509 g/mol. The standard InChI is InChI=1S/C27H28ClN3O3S/c1-4-31(5-2)22(32)17-35-26-20(16-29)23(19-14-10-11-15-21(19)28)24(27(33)34-6-3)25(30-26)18-12-8-7-9-13-18/h7-15,23,30H,4-6,17H2,1-3H3/t23-/m1/s1. The summed E-state index contributed by atoms with van der Waals surface area (Å²) in [6, 6.07) is 18.8. The minimum atomic E-state index is -0.754. The van der Waals surface area contributed by atoms with Crippen molar-refractivity contribution in [3.05, 3.63) is 86.9 Å². The van der Waals surface area contributed by atoms with E-state index in [2.05, 4.69) is 11.4 Å². The Morgan fingerprint density at radius 3 is 2.34 bits per heavy atom. The summed E-state index contributed by atoms with van der Waals surface area (Å²) in [5, 5.41) is 14.5. The Labute approximate surface area is 215 Å². The smallest absolute Gasteiger partial charge is 0.337 e. The molecule has 8 heteroatoms. The van der Waals surface area contributed by atoms with Crippen molar-refractivity contribution in [2.75, 3.05) is 25.4 Å². The van der Waals surface area contributed by atoms with E-state index in [0.29, 0.717) is 45.5 Å². The third-order valence-electron chi connectivity index (χ3n) is 5.68. The Balaban J connectivity index is 2.20. The molecular formula is C27H28ClN3O3S. The molecule has 0 aromatic heterocycles. The molecule has 1 heterocycles. The molecule has 1 aliphatic rings. The Hall–Kier alpha value is -3.21. The lowest BCUT2D eigenvalue weighted by atomic mass is 9.81. The molecule has 1 aliphatic heterocycles. The minimum absolute atomic E-state index is 0.0256. The second-order valence-electron chi connectivity index (χ2n) is 7.66. The zero-order chi connectivity index (χ0) is 25.4. The van der Waals surface area contributed by atoms with E-state index in [4.69, 9.17) is 16.3 Å². The Morgan fingerprint density at radius 1 is 1.09 bits per heavy atom. The Kier molecular flexibility index (Phi) is 9.41. The van der Waals surface area contributed by atoms with Crippen LogP contribution in [0.25, 0.3) is 5.70 Å². The molecule has 2 aromatic rings. The van der Waals surface area contributed by atoms with Crippen molar-refractivity contribution < 1.29 is 14.3 Å². The number of carbonyl (C=O) groups is 2. The summed E-state index contributed by atoms with van der Waals surface area (Å²) in [4.78, 5) is 27.8. The Morgan fingerprint density at radius 2 is 1.74 bits per heavy atom. The van der Waals surface area contributed by atoms with E-state index < -0.39 is 11.9 Å². The number of rotatable bonds is 9. The maximum absolute atomic E-state index is 13.3. The lowest BCUT2D eigenvalue weighted by Gasteiger charge is -2.31. The second-order valence-corrected chi connectivity index (χ2v) is 9.06. The van der Waals surface area contributed by atoms with Gasteiger partial charge in [-0.1, -0.05) is 71.9 Å². The van der Waals surface area contributed by atoms with Gasteiger partial charge in [0.2, 0.25) is 5.91 Å². The van der Waals surface area contributed by atoms with E-state index in [0.717, 1.165) is 5.56 Å². The third kappa shape index (κ3) is 5.90. The van der Waals surface area contributed by atoms with Crippen molar-refractivity contribution in [2.24, 2.45) is 0 Å². The average Bonchev–Trinajstić information content (AvgIpc) is 2.88. The number of benzene rings is 2. The maximum atomic E-state index is 13.3. The zero-order valence-corrected chi connectivity index (χ0v) is 21.6. The summed E-state index contributed by atoms with van der Waals surface area (Å²) >= 11 is 7.83. The van der Waals surface area contributed by atoms with E-state index in [1.165, 1.54) is 11.8 Å². The fourth-order valence-corrected chi connectivity index (χ4v) is 5.17. The minimum Gasteiger partial charge on any atom is -0.463 e. The summed E-state index contributed by atoms with van der Waals surface area (Å²) in [6.07, 6.45) is 0. The number of dihydropyridines is 1. The number of allylic oxidation sites excluding steroid dienone is 1. The Bertz CT molecular complexity index is 1180. The summed E-state index contributed by atoms with van der Waals surface area (Å²) < 4.78 is 5.43. The van der Waals surface area contributed by atoms with E-state index in [1.807, 2.05) is 50.2 Å². The highest BCUT2D eigenvalue weighted by Gasteiger charge is 2.38. The van der Waals surface area contributed by atoms with Gasteiger partial charge in [0.05, 0.1) is 46.2 Å². The van der Waals surface area contributed by atoms with Crippen LogP contribution in [0.15, 0.2) is 70.8 Å². The number of hydrogen-bond acceptors (Lipinski definition) is 6. The summed E-state index contributed by atoms with van der Waals surface area (Å²) in [5.41, 5.74) is 2.54. The van der Waals surface area contributed by atoms with Gasteiger partial charge in [0.25, 0.3) is 0 Å². The van der Waals surface area contributed by atoms with Crippen molar-refractivity contribution in [3.63, 3.8) is 0 Å². The molecule has 1 amide bonds. The number of nitriles is 1. The van der Waals surface area contributed by atoms with Gasteiger partial charge < -0.3 is 15.0 Å². The van der Waals surface area contributed by atoms with Crippen LogP contribution in [0.1, 0.15) is 37.8 Å². The molecular weight excluding hydrogens is 482 g/mol. The van der Waals surface area contributed by atoms with Crippen LogP contribution in [-0.2, 0) is 14.3 Å². The van der Waals surface area contributed by atoms with Gasteiger partial charge in [-0.3, -0.25) is 4.79 Å². The van der Waals surface area contributed by atoms with Gasteiger partial charge in [0, 0.05) is 18.1 Å². The molecule has 0 saturated carbocycles. The van der Waals surface area contributed by atoms with Crippen LogP contribution in [0.5, 0.6) is 0 Å². The molecule has 35 heavy (non-hydrogen) atoms. The summed E-state index contributed by atoms with van der Waals surface area (Å²) in [5.74, 6) is -1.15. The van der Waals surface area contributed by atoms with Gasteiger partial charge in [-0.2, -0.15) is 5.26 Å². The van der Waals surface area contributed by atoms with Crippen LogP contribution in [0.2, 0.25) is 5.02 Å². The molecule has 0 bridgehead atoms. The topological polar surface area (TPSA) is 82.4 Å². The predicted molar refractivity (Wildman–Crippen MR) is 140 cm³/mol. The largest absolute Gasteiger partial charge is 0.463 e. The quantitative estimate of drug-likeness (QED) is 0.459. The van der Waals surface area contributed by atoms with Crippen molar-refractivity contribution in [1.82, 2.24) is 10.2 Å². The van der Waals surface area contributed by atoms with Crippen molar-refractivity contribution in [1.29, 1.82) is 5.26 Å². The first-order valence-electron chi connectivity index (χ1n) is 11.5. The van der Waals surface area contributed by atoms with Gasteiger partial charge >= 0.3 is 5.97 Å². The summed E-state index contributed by atoms with van der Waals surface area (Å²) in [7, 11) is 0. The van der Waals surface area contributed by atoms with Crippen molar-refractivity contribution in [3.8, 4) is 6.07 Å². The highest BCUT2D eigenvalue weighted by Crippen LogP contribution is 2.45. The van der Waals surface area contributed by atoms with Gasteiger partial charge in [-0.25, -0.2) is 4.79 Å². The maximum Gasteiger partial charge on any atom is 0.337 e. The number of carbonyl (C=O) groups excluding carboxylic acids is 2. The zero-order valence-electron chi connectivity index (χ0n) is 20.0. The molecule has 0 saturated heterocycles. The lowest BCUT2D eigenvalue weighted by molar-refractivity contribution is -0.138. The first-order chi connectivity index (χ1) is 17.0. The molecule has 0 unspecified atom stereocenters. The van der Waals surface area contributed by atoms with Gasteiger partial charge in [-0.15, -0.1) is 0 Å². The van der Waals surface area contributed by atoms with Crippen LogP contribution in [0.4, 0.5) is 0 Å². The average molecular weight is 510 g/mol. The molecule has 0 aliphatic carbocycles. The molecule has 1 atom stereocenters. The van der Waals surface area contributed by atoms with Crippen LogP contribution in [-0.4, -0.2) is 42.2 Å². The highest BCUT2D eigenvalue weighted by atomic mass is 35.5. The van der Waals surface area contributed by atoms with Gasteiger partial charge in [-0.05, 0) is 38.0 Å². The number of halogens is 1. The molecule has 0 radical (unpaired) electrons. The molecule has 1 N–H and O–H groups in total. The first kappa shape index (κ1) is 26.4. The number of esters is 1. The second kappa shape index (κ2) is 12.5. The molecule has 0 fully saturated rings. The fourth-order valence-electron chi connectivity index (χ4n) is 3.98. The number of ether oxygens (including phenoxy) is 1. The molecule has 6 nitrogen and oxygen atoms in total. The first-order valence-corrected chi connectivity index (χ1v) is 12.9. The van der Waals surface area contributed by atoms with Crippen molar-refractivity contribution in [2.45, 2.75) is 26.7 Å². The van der Waals surface area contributed by atoms with E-state index in [9.17, 15) is 14.9 Å². The highest BCUT2D eigenvalue weighted by molar-refractivity contribution is 8.03. The van der Waals surface area contributed by atoms with Crippen LogP contribution in [0, 0.1) is 11.3 Å². The van der Waals surface area contributed by atoms with Crippen LogP contribution < -0.4 is 5.32 Å². The predicted octanol–water partition coefficient (Wildman–Crippen LogP) is 5.34. The van der Waals surface area contributed by atoms with E-state index in [1.54, 1.807) is 30.0 Å². The van der Waals surface area contributed by atoms with Crippen molar-refractivity contribution >= 4 is 40.9 Å². The van der Waals surface area contributed by atoms with Gasteiger partial charge in [0.15, 0.2) is 0 Å². The number of nitrogens with zero attached hydrogens (tertiary/aromatic N) is 2. The molecule has 2 aromatic carbocycles. The molecule has 0 spiro atoms. The molecule has 182 valence electrons. The van der Waals surface area contributed by atoms with Crippen LogP contribution >= 0.6 is 23.4 Å². The number of nitrogens with one attached hydrogen (secondary N) is 1. The van der Waals surface area contributed by atoms with Gasteiger partial charge in [0.1, 0.15) is 0 Å². The normalized spacial score (nSPS) is 15.3. The SMILES string of the molecule is CCOC(=O)C1=C(c2ccccc2)NC(SCC(=O)N(CC)CC)=C(C#N)[C@H]1c1ccccc1Cl. The third-order valence-corrected chi connectivity index (χ3v) is 7.03. The number of amides is 1. The van der Waals surface area contributed by atoms with E-state index in [-0.39, 0.29) is 18.3 Å². The number of hydrogen-bond donors (Lipinski definition) is 1. The lowest BCUT2D eigenvalue weighted by Crippen LogP contribution is -2.33.